The molecule has 5 aliphatic rings. The van der Waals surface area contributed by atoms with Crippen LogP contribution in [-0.4, -0.2) is 51.2 Å². The molecule has 0 unspecified atom stereocenters. The van der Waals surface area contributed by atoms with Gasteiger partial charge in [0.05, 0.1) is 24.3 Å². The quantitative estimate of drug-likeness (QED) is 0.210. The van der Waals surface area contributed by atoms with Crippen LogP contribution >= 0.6 is 0 Å². The van der Waals surface area contributed by atoms with Crippen LogP contribution in [0.25, 0.3) is 0 Å². The molecule has 0 saturated heterocycles. The van der Waals surface area contributed by atoms with Crippen LogP contribution < -0.4 is 4.74 Å². The number of aromatic nitrogens is 3. The van der Waals surface area contributed by atoms with Crippen molar-refractivity contribution in [2.75, 3.05) is 7.11 Å². The standard InChI is InChI=1S/C43H59N3O7/c1-38(2)19-21-43(37(49)50)22-20-41(6)30(31(43)23-38)13-14-33-40(5)17-16-34(39(3,4)32(40)15-18-42(33,41)7)53-35(47)25-46-24-28(44-45-46)26-52-36(48)27-9-11-29(51-8)12-10-27/h9-13,24,31-34H,14-23,25-26H2,1-8H3,(H,49,50)/t31-,32-,33+,34-,40-,41+,42+,43-/m0/s1. The van der Waals surface area contributed by atoms with Gasteiger partial charge in [0, 0.05) is 5.41 Å². The molecular weight excluding hydrogens is 670 g/mol. The molecule has 1 aromatic heterocycles. The maximum Gasteiger partial charge on any atom is 0.338 e. The zero-order valence-corrected chi connectivity index (χ0v) is 33.0. The number of carboxylic acid groups (broad SMARTS) is 1. The van der Waals surface area contributed by atoms with E-state index in [9.17, 15) is 19.5 Å². The minimum Gasteiger partial charge on any atom is -0.497 e. The lowest BCUT2D eigenvalue weighted by Gasteiger charge is -2.71. The summed E-state index contributed by atoms with van der Waals surface area (Å²) in [5.74, 6) is 0.184. The molecule has 4 saturated carbocycles. The second kappa shape index (κ2) is 13.0. The highest BCUT2D eigenvalue weighted by atomic mass is 16.5. The maximum atomic E-state index is 13.4. The van der Waals surface area contributed by atoms with E-state index in [1.54, 1.807) is 37.6 Å². The number of methoxy groups -OCH3 is 1. The second-order valence-electron chi connectivity index (χ2n) is 19.2. The minimum atomic E-state index is -0.631. The van der Waals surface area contributed by atoms with Gasteiger partial charge in [-0.25, -0.2) is 9.48 Å². The van der Waals surface area contributed by atoms with Crippen molar-refractivity contribution >= 4 is 17.9 Å². The molecule has 2 aromatic rings. The van der Waals surface area contributed by atoms with E-state index in [1.807, 2.05) is 0 Å². The summed E-state index contributed by atoms with van der Waals surface area (Å²) in [5, 5.41) is 18.9. The fourth-order valence-electron chi connectivity index (χ4n) is 12.6. The third-order valence-corrected chi connectivity index (χ3v) is 15.8. The summed E-state index contributed by atoms with van der Waals surface area (Å²) in [7, 11) is 1.56. The Balaban J connectivity index is 1.02. The van der Waals surface area contributed by atoms with Crippen molar-refractivity contribution in [2.45, 2.75) is 132 Å². The summed E-state index contributed by atoms with van der Waals surface area (Å²) in [6.45, 7) is 16.6. The summed E-state index contributed by atoms with van der Waals surface area (Å²) in [6.07, 6.45) is 13.3. The summed E-state index contributed by atoms with van der Waals surface area (Å²) >= 11 is 0. The lowest BCUT2D eigenvalue weighted by atomic mass is 9.33. The number of hydrogen-bond donors (Lipinski definition) is 1. The molecule has 5 aliphatic carbocycles. The van der Waals surface area contributed by atoms with Crippen molar-refractivity contribution in [2.24, 2.45) is 50.2 Å². The smallest absolute Gasteiger partial charge is 0.338 e. The zero-order valence-electron chi connectivity index (χ0n) is 33.0. The highest BCUT2D eigenvalue weighted by Crippen LogP contribution is 2.75. The molecule has 0 bridgehead atoms. The van der Waals surface area contributed by atoms with Crippen molar-refractivity contribution in [3.63, 3.8) is 0 Å². The van der Waals surface area contributed by atoms with Gasteiger partial charge in [-0.1, -0.05) is 65.3 Å². The molecule has 0 aliphatic heterocycles. The third kappa shape index (κ3) is 6.01. The number of carbonyl (C=O) groups excluding carboxylic acids is 2. The fourth-order valence-corrected chi connectivity index (χ4v) is 12.6. The molecule has 1 heterocycles. The molecule has 288 valence electrons. The van der Waals surface area contributed by atoms with Gasteiger partial charge in [-0.2, -0.15) is 0 Å². The van der Waals surface area contributed by atoms with Crippen molar-refractivity contribution in [3.05, 3.63) is 53.4 Å². The van der Waals surface area contributed by atoms with Gasteiger partial charge in [-0.05, 0) is 128 Å². The average Bonchev–Trinajstić information content (AvgIpc) is 3.55. The van der Waals surface area contributed by atoms with Crippen molar-refractivity contribution < 1.29 is 33.7 Å². The molecule has 7 rings (SSSR count). The topological polar surface area (TPSA) is 130 Å². The number of fused-ring (bicyclic) bond motifs is 7. The minimum absolute atomic E-state index is 0.0287. The largest absolute Gasteiger partial charge is 0.497 e. The Morgan fingerprint density at radius 2 is 1.62 bits per heavy atom. The van der Waals surface area contributed by atoms with Crippen LogP contribution in [0.15, 0.2) is 42.1 Å². The van der Waals surface area contributed by atoms with Gasteiger partial charge in [0.25, 0.3) is 0 Å². The normalized spacial score (nSPS) is 36.7. The Morgan fingerprint density at radius 3 is 2.32 bits per heavy atom. The zero-order chi connectivity index (χ0) is 38.2. The van der Waals surface area contributed by atoms with E-state index in [0.29, 0.717) is 28.8 Å². The van der Waals surface area contributed by atoms with E-state index in [0.717, 1.165) is 64.2 Å². The number of allylic oxidation sites excluding steroid dienone is 2. The SMILES string of the molecule is COc1ccc(C(=O)OCc2cn(CC(=O)O[C@H]3CC[C@]4(C)[C@H]5CC=C6[C@@H]7CC(C)(C)CC[C@]7(C(=O)O)CC[C@@]6(C)[C@]5(C)CC[C@H]4C3(C)C)nn2)cc1. The molecule has 1 aromatic carbocycles. The first-order chi connectivity index (χ1) is 24.9. The number of ether oxygens (including phenoxy) is 3. The molecule has 8 atom stereocenters. The summed E-state index contributed by atoms with van der Waals surface area (Å²) < 4.78 is 18.3. The van der Waals surface area contributed by atoms with Crippen LogP contribution in [0.1, 0.15) is 129 Å². The Morgan fingerprint density at radius 1 is 0.906 bits per heavy atom. The Bertz CT molecular complexity index is 1800. The third-order valence-electron chi connectivity index (χ3n) is 15.8. The number of benzene rings is 1. The monoisotopic (exact) mass is 729 g/mol. The first-order valence-electron chi connectivity index (χ1n) is 19.7. The number of carboxylic acids is 1. The van der Waals surface area contributed by atoms with Gasteiger partial charge < -0.3 is 19.3 Å². The summed E-state index contributed by atoms with van der Waals surface area (Å²) in [5.41, 5.74) is 1.70. The number of rotatable bonds is 8. The van der Waals surface area contributed by atoms with Gasteiger partial charge >= 0.3 is 17.9 Å². The highest BCUT2D eigenvalue weighted by molar-refractivity contribution is 5.89. The van der Waals surface area contributed by atoms with Crippen LogP contribution in [0.4, 0.5) is 0 Å². The first-order valence-corrected chi connectivity index (χ1v) is 19.7. The van der Waals surface area contributed by atoms with Crippen molar-refractivity contribution in [1.29, 1.82) is 0 Å². The van der Waals surface area contributed by atoms with E-state index in [2.05, 4.69) is 64.9 Å². The van der Waals surface area contributed by atoms with Crippen molar-refractivity contribution in [3.8, 4) is 5.75 Å². The van der Waals surface area contributed by atoms with Crippen LogP contribution in [0, 0.1) is 50.2 Å². The average molecular weight is 730 g/mol. The van der Waals surface area contributed by atoms with E-state index < -0.39 is 17.4 Å². The fraction of sp³-hybridized carbons (Fsp3) is 0.698. The van der Waals surface area contributed by atoms with Crippen LogP contribution in [0.5, 0.6) is 5.75 Å². The van der Waals surface area contributed by atoms with E-state index in [-0.39, 0.29) is 58.2 Å². The molecule has 0 radical (unpaired) electrons. The van der Waals surface area contributed by atoms with Crippen LogP contribution in [0.2, 0.25) is 0 Å². The second-order valence-corrected chi connectivity index (χ2v) is 19.2. The van der Waals surface area contributed by atoms with E-state index in [1.165, 1.54) is 10.3 Å². The number of carbonyl (C=O) groups is 3. The number of nitrogens with zero attached hydrogens (tertiary/aromatic N) is 3. The summed E-state index contributed by atoms with van der Waals surface area (Å²) in [6, 6.07) is 6.66. The van der Waals surface area contributed by atoms with Gasteiger partial charge in [-0.15, -0.1) is 5.10 Å². The molecule has 0 amide bonds. The van der Waals surface area contributed by atoms with Crippen LogP contribution in [0.3, 0.4) is 0 Å². The Kier molecular flexibility index (Phi) is 9.21. The van der Waals surface area contributed by atoms with E-state index in [4.69, 9.17) is 14.2 Å². The highest BCUT2D eigenvalue weighted by Gasteiger charge is 2.69. The van der Waals surface area contributed by atoms with Gasteiger partial charge in [0.1, 0.15) is 30.7 Å². The Labute approximate surface area is 314 Å². The predicted molar refractivity (Wildman–Crippen MR) is 199 cm³/mol. The lowest BCUT2D eigenvalue weighted by Crippen LogP contribution is -2.65. The molecule has 1 N–H and O–H groups in total. The van der Waals surface area contributed by atoms with Crippen molar-refractivity contribution in [1.82, 2.24) is 15.0 Å². The van der Waals surface area contributed by atoms with Gasteiger partial charge in [0.2, 0.25) is 0 Å². The number of hydrogen-bond acceptors (Lipinski definition) is 8. The maximum absolute atomic E-state index is 13.4. The molecule has 10 heteroatoms. The van der Waals surface area contributed by atoms with Gasteiger partial charge in [-0.3, -0.25) is 9.59 Å². The van der Waals surface area contributed by atoms with E-state index >= 15 is 0 Å². The lowest BCUT2D eigenvalue weighted by molar-refractivity contribution is -0.214. The molecule has 53 heavy (non-hydrogen) atoms. The first kappa shape index (κ1) is 37.6. The van der Waals surface area contributed by atoms with Crippen LogP contribution in [-0.2, 0) is 32.2 Å². The Hall–Kier alpha value is -3.69. The molecular formula is C43H59N3O7. The molecule has 4 fully saturated rings. The molecule has 10 nitrogen and oxygen atoms in total. The number of aliphatic carboxylic acids is 1. The molecule has 0 spiro atoms. The predicted octanol–water partition coefficient (Wildman–Crippen LogP) is 8.44. The number of esters is 2. The van der Waals surface area contributed by atoms with Gasteiger partial charge in [0.15, 0.2) is 0 Å². The summed E-state index contributed by atoms with van der Waals surface area (Å²) in [4.78, 5) is 38.9.